The van der Waals surface area contributed by atoms with E-state index in [2.05, 4.69) is 21.2 Å². The minimum atomic E-state index is -0.797. The standard InChI is InChI=1S/C14H21BrN2O3/c1-9(2)17-8-11(15)7-12(17)13(18)16-6-4-5-10(3)14(19)20/h7-10H,4-6H2,1-3H3,(H,16,18)(H,19,20). The number of hydrogen-bond acceptors (Lipinski definition) is 2. The first-order valence-corrected chi connectivity index (χ1v) is 7.50. The number of carbonyl (C=O) groups is 2. The lowest BCUT2D eigenvalue weighted by atomic mass is 10.1. The number of nitrogens with zero attached hydrogens (tertiary/aromatic N) is 1. The number of amides is 1. The van der Waals surface area contributed by atoms with Crippen LogP contribution in [0.15, 0.2) is 16.7 Å². The Morgan fingerprint density at radius 1 is 1.40 bits per heavy atom. The van der Waals surface area contributed by atoms with Crippen molar-refractivity contribution in [3.8, 4) is 0 Å². The van der Waals surface area contributed by atoms with Crippen LogP contribution in [-0.4, -0.2) is 28.1 Å². The lowest BCUT2D eigenvalue weighted by molar-refractivity contribution is -0.141. The third-order valence-electron chi connectivity index (χ3n) is 3.13. The molecule has 1 atom stereocenters. The molecule has 0 fully saturated rings. The van der Waals surface area contributed by atoms with Crippen molar-refractivity contribution in [3.05, 3.63) is 22.4 Å². The van der Waals surface area contributed by atoms with Gasteiger partial charge in [0.25, 0.3) is 5.91 Å². The number of carboxylic acid groups (broad SMARTS) is 1. The Morgan fingerprint density at radius 2 is 2.05 bits per heavy atom. The Bertz CT molecular complexity index is 483. The Hall–Kier alpha value is -1.30. The van der Waals surface area contributed by atoms with Crippen molar-refractivity contribution in [1.29, 1.82) is 0 Å². The van der Waals surface area contributed by atoms with Crippen LogP contribution in [0.2, 0.25) is 0 Å². The van der Waals surface area contributed by atoms with Gasteiger partial charge in [-0.05, 0) is 48.7 Å². The van der Waals surface area contributed by atoms with Crippen molar-refractivity contribution >= 4 is 27.8 Å². The lowest BCUT2D eigenvalue weighted by Crippen LogP contribution is -2.27. The second-order valence-electron chi connectivity index (χ2n) is 5.18. The Morgan fingerprint density at radius 3 is 2.60 bits per heavy atom. The van der Waals surface area contributed by atoms with E-state index in [0.29, 0.717) is 25.1 Å². The molecule has 0 saturated heterocycles. The maximum absolute atomic E-state index is 12.1. The van der Waals surface area contributed by atoms with E-state index in [-0.39, 0.29) is 17.9 Å². The average molecular weight is 345 g/mol. The summed E-state index contributed by atoms with van der Waals surface area (Å²) in [6.07, 6.45) is 3.10. The highest BCUT2D eigenvalue weighted by Gasteiger charge is 2.15. The van der Waals surface area contributed by atoms with Gasteiger partial charge in [-0.3, -0.25) is 9.59 Å². The molecule has 5 nitrogen and oxygen atoms in total. The van der Waals surface area contributed by atoms with Crippen LogP contribution < -0.4 is 5.32 Å². The number of carbonyl (C=O) groups excluding carboxylic acids is 1. The van der Waals surface area contributed by atoms with E-state index in [4.69, 9.17) is 5.11 Å². The van der Waals surface area contributed by atoms with E-state index in [1.54, 1.807) is 13.0 Å². The molecule has 1 unspecified atom stereocenters. The van der Waals surface area contributed by atoms with Crippen LogP contribution >= 0.6 is 15.9 Å². The summed E-state index contributed by atoms with van der Waals surface area (Å²) in [6.45, 7) is 6.18. The quantitative estimate of drug-likeness (QED) is 0.746. The zero-order valence-corrected chi connectivity index (χ0v) is 13.6. The van der Waals surface area contributed by atoms with E-state index >= 15 is 0 Å². The topological polar surface area (TPSA) is 71.3 Å². The summed E-state index contributed by atoms with van der Waals surface area (Å²) in [5.41, 5.74) is 0.609. The fraction of sp³-hybridized carbons (Fsp3) is 0.571. The van der Waals surface area contributed by atoms with Gasteiger partial charge in [0.15, 0.2) is 0 Å². The van der Waals surface area contributed by atoms with Gasteiger partial charge in [0, 0.05) is 23.3 Å². The van der Waals surface area contributed by atoms with Gasteiger partial charge in [-0.1, -0.05) is 6.92 Å². The fourth-order valence-corrected chi connectivity index (χ4v) is 2.32. The lowest BCUT2D eigenvalue weighted by Gasteiger charge is -2.13. The SMILES string of the molecule is CC(CCCNC(=O)c1cc(Br)cn1C(C)C)C(=O)O. The van der Waals surface area contributed by atoms with E-state index in [9.17, 15) is 9.59 Å². The third-order valence-corrected chi connectivity index (χ3v) is 3.56. The molecule has 6 heteroatoms. The summed E-state index contributed by atoms with van der Waals surface area (Å²) in [5, 5.41) is 11.6. The van der Waals surface area contributed by atoms with Crippen molar-refractivity contribution in [3.63, 3.8) is 0 Å². The minimum Gasteiger partial charge on any atom is -0.481 e. The third kappa shape index (κ3) is 4.67. The normalized spacial score (nSPS) is 12.4. The Labute approximate surface area is 127 Å². The van der Waals surface area contributed by atoms with Crippen LogP contribution in [0.4, 0.5) is 0 Å². The smallest absolute Gasteiger partial charge is 0.306 e. The molecule has 1 aromatic heterocycles. The predicted octanol–water partition coefficient (Wildman–Crippen LogP) is 3.06. The Kier molecular flexibility index (Phi) is 6.26. The molecular formula is C14H21BrN2O3. The van der Waals surface area contributed by atoms with Gasteiger partial charge in [-0.15, -0.1) is 0 Å². The van der Waals surface area contributed by atoms with Crippen molar-refractivity contribution in [2.24, 2.45) is 5.92 Å². The molecule has 2 N–H and O–H groups in total. The maximum Gasteiger partial charge on any atom is 0.306 e. The second-order valence-corrected chi connectivity index (χ2v) is 6.10. The summed E-state index contributed by atoms with van der Waals surface area (Å²) >= 11 is 3.37. The molecule has 0 aliphatic carbocycles. The number of halogens is 1. The monoisotopic (exact) mass is 344 g/mol. The zero-order valence-electron chi connectivity index (χ0n) is 12.0. The van der Waals surface area contributed by atoms with Crippen LogP contribution in [-0.2, 0) is 4.79 Å². The van der Waals surface area contributed by atoms with E-state index in [1.165, 1.54) is 0 Å². The van der Waals surface area contributed by atoms with E-state index < -0.39 is 5.97 Å². The summed E-state index contributed by atoms with van der Waals surface area (Å²) in [5.74, 6) is -1.30. The molecule has 1 aromatic rings. The number of aliphatic carboxylic acids is 1. The molecule has 1 amide bonds. The molecule has 0 radical (unpaired) electrons. The van der Waals surface area contributed by atoms with Crippen LogP contribution in [0.3, 0.4) is 0 Å². The van der Waals surface area contributed by atoms with Crippen LogP contribution in [0, 0.1) is 5.92 Å². The van der Waals surface area contributed by atoms with Crippen molar-refractivity contribution in [2.75, 3.05) is 6.54 Å². The van der Waals surface area contributed by atoms with Gasteiger partial charge in [0.2, 0.25) is 0 Å². The molecule has 1 heterocycles. The van der Waals surface area contributed by atoms with Crippen LogP contribution in [0.5, 0.6) is 0 Å². The summed E-state index contributed by atoms with van der Waals surface area (Å²) in [7, 11) is 0. The largest absolute Gasteiger partial charge is 0.481 e. The van der Waals surface area contributed by atoms with Gasteiger partial charge in [-0.2, -0.15) is 0 Å². The van der Waals surface area contributed by atoms with E-state index in [0.717, 1.165) is 4.47 Å². The number of carboxylic acids is 1. The highest BCUT2D eigenvalue weighted by atomic mass is 79.9. The summed E-state index contributed by atoms with van der Waals surface area (Å²) in [6, 6.07) is 1.99. The molecule has 0 aromatic carbocycles. The molecule has 0 aliphatic heterocycles. The average Bonchev–Trinajstić information content (AvgIpc) is 2.76. The number of rotatable bonds is 7. The molecule has 1 rings (SSSR count). The maximum atomic E-state index is 12.1. The Balaban J connectivity index is 2.49. The minimum absolute atomic E-state index is 0.132. The zero-order chi connectivity index (χ0) is 15.3. The first kappa shape index (κ1) is 16.8. The van der Waals surface area contributed by atoms with Gasteiger partial charge in [-0.25, -0.2) is 0 Å². The van der Waals surface area contributed by atoms with Gasteiger partial charge < -0.3 is 15.0 Å². The first-order chi connectivity index (χ1) is 9.32. The summed E-state index contributed by atoms with van der Waals surface area (Å²) in [4.78, 5) is 22.8. The second kappa shape index (κ2) is 7.47. The van der Waals surface area contributed by atoms with E-state index in [1.807, 2.05) is 24.6 Å². The van der Waals surface area contributed by atoms with Gasteiger partial charge >= 0.3 is 5.97 Å². The highest BCUT2D eigenvalue weighted by molar-refractivity contribution is 9.10. The molecule has 0 saturated carbocycles. The van der Waals surface area contributed by atoms with Crippen molar-refractivity contribution < 1.29 is 14.7 Å². The molecule has 112 valence electrons. The van der Waals surface area contributed by atoms with Crippen LogP contribution in [0.25, 0.3) is 0 Å². The summed E-state index contributed by atoms with van der Waals surface area (Å²) < 4.78 is 2.77. The highest BCUT2D eigenvalue weighted by Crippen LogP contribution is 2.19. The molecule has 0 spiro atoms. The van der Waals surface area contributed by atoms with Crippen molar-refractivity contribution in [1.82, 2.24) is 9.88 Å². The number of nitrogens with one attached hydrogen (secondary N) is 1. The predicted molar refractivity (Wildman–Crippen MR) is 80.9 cm³/mol. The van der Waals surface area contributed by atoms with Crippen molar-refractivity contribution in [2.45, 2.75) is 39.7 Å². The number of aromatic nitrogens is 1. The molecule has 0 aliphatic rings. The van der Waals surface area contributed by atoms with Gasteiger partial charge in [0.05, 0.1) is 5.92 Å². The fourth-order valence-electron chi connectivity index (χ4n) is 1.88. The van der Waals surface area contributed by atoms with Gasteiger partial charge in [0.1, 0.15) is 5.69 Å². The first-order valence-electron chi connectivity index (χ1n) is 6.71. The van der Waals surface area contributed by atoms with Crippen LogP contribution in [0.1, 0.15) is 50.1 Å². The number of hydrogen-bond donors (Lipinski definition) is 2. The molecular weight excluding hydrogens is 324 g/mol. The molecule has 0 bridgehead atoms. The molecule has 20 heavy (non-hydrogen) atoms.